The quantitative estimate of drug-likeness (QED) is 0.467. The molecule has 2 amide bonds. The fraction of sp³-hybridized carbons (Fsp3) is 0.158. The molecular formula is C19H19N5O3. The van der Waals surface area contributed by atoms with E-state index >= 15 is 0 Å². The first kappa shape index (κ1) is 18.1. The van der Waals surface area contributed by atoms with E-state index in [0.29, 0.717) is 22.5 Å². The zero-order valence-electron chi connectivity index (χ0n) is 14.7. The monoisotopic (exact) mass is 365 g/mol. The lowest BCUT2D eigenvalue weighted by Crippen LogP contribution is -2.47. The summed E-state index contributed by atoms with van der Waals surface area (Å²) in [4.78, 5) is 46.6. The van der Waals surface area contributed by atoms with Gasteiger partial charge in [-0.1, -0.05) is 6.07 Å². The van der Waals surface area contributed by atoms with E-state index in [9.17, 15) is 14.4 Å². The average molecular weight is 365 g/mol. The number of carbonyl (C=O) groups excluding carboxylic acids is 3. The molecule has 0 radical (unpaired) electrons. The topological polar surface area (TPSA) is 134 Å². The van der Waals surface area contributed by atoms with E-state index in [0.717, 1.165) is 5.69 Å². The lowest BCUT2D eigenvalue weighted by atomic mass is 10.0. The molecule has 0 aliphatic rings. The fourth-order valence-corrected chi connectivity index (χ4v) is 2.88. The highest BCUT2D eigenvalue weighted by Gasteiger charge is 2.28. The van der Waals surface area contributed by atoms with Gasteiger partial charge in [0.25, 0.3) is 11.8 Å². The molecular weight excluding hydrogens is 346 g/mol. The number of ketones is 1. The van der Waals surface area contributed by atoms with Gasteiger partial charge < -0.3 is 21.0 Å². The van der Waals surface area contributed by atoms with Crippen molar-refractivity contribution in [1.29, 1.82) is 0 Å². The summed E-state index contributed by atoms with van der Waals surface area (Å²) in [6.07, 6.45) is 5.00. The van der Waals surface area contributed by atoms with Crippen molar-refractivity contribution in [3.8, 4) is 11.3 Å². The Morgan fingerprint density at radius 2 is 2.00 bits per heavy atom. The van der Waals surface area contributed by atoms with Gasteiger partial charge in [-0.05, 0) is 31.2 Å². The molecule has 0 bridgehead atoms. The zero-order valence-corrected chi connectivity index (χ0v) is 14.7. The molecule has 3 heterocycles. The molecule has 138 valence electrons. The molecule has 0 spiro atoms. The van der Waals surface area contributed by atoms with E-state index in [2.05, 4.69) is 20.3 Å². The van der Waals surface area contributed by atoms with Gasteiger partial charge in [-0.2, -0.15) is 0 Å². The highest BCUT2D eigenvalue weighted by Crippen LogP contribution is 2.25. The van der Waals surface area contributed by atoms with Crippen LogP contribution in [-0.4, -0.2) is 38.6 Å². The molecule has 0 aliphatic heterocycles. The van der Waals surface area contributed by atoms with Crippen LogP contribution in [0.1, 0.15) is 21.7 Å². The molecule has 0 saturated heterocycles. The van der Waals surface area contributed by atoms with Crippen LogP contribution in [0.5, 0.6) is 0 Å². The van der Waals surface area contributed by atoms with Crippen molar-refractivity contribution in [2.75, 3.05) is 0 Å². The third-order valence-electron chi connectivity index (χ3n) is 4.19. The Morgan fingerprint density at radius 3 is 2.63 bits per heavy atom. The van der Waals surface area contributed by atoms with Gasteiger partial charge in [0.05, 0.1) is 11.3 Å². The second-order valence-corrected chi connectivity index (χ2v) is 6.07. The molecule has 8 heteroatoms. The number of aromatic nitrogens is 3. The van der Waals surface area contributed by atoms with Gasteiger partial charge in [-0.3, -0.25) is 19.4 Å². The molecule has 3 aromatic rings. The van der Waals surface area contributed by atoms with Gasteiger partial charge in [-0.25, -0.2) is 0 Å². The number of primary amides is 1. The summed E-state index contributed by atoms with van der Waals surface area (Å²) < 4.78 is 0. The summed E-state index contributed by atoms with van der Waals surface area (Å²) >= 11 is 0. The van der Waals surface area contributed by atoms with Gasteiger partial charge >= 0.3 is 0 Å². The number of hydrogen-bond acceptors (Lipinski definition) is 4. The Balaban J connectivity index is 1.88. The molecule has 1 atom stereocenters. The summed E-state index contributed by atoms with van der Waals surface area (Å²) in [5.41, 5.74) is 8.20. The first-order valence-electron chi connectivity index (χ1n) is 8.33. The van der Waals surface area contributed by atoms with E-state index < -0.39 is 23.6 Å². The summed E-state index contributed by atoms with van der Waals surface area (Å²) in [6.45, 7) is 1.83. The molecule has 8 nitrogen and oxygen atoms in total. The average Bonchev–Trinajstić information content (AvgIpc) is 3.30. The van der Waals surface area contributed by atoms with Gasteiger partial charge in [0.1, 0.15) is 6.04 Å². The van der Waals surface area contributed by atoms with Gasteiger partial charge in [-0.15, -0.1) is 0 Å². The number of H-pyrrole nitrogens is 2. The van der Waals surface area contributed by atoms with Crippen LogP contribution in [0, 0.1) is 6.92 Å². The number of pyridine rings is 1. The van der Waals surface area contributed by atoms with E-state index in [1.165, 1.54) is 0 Å². The standard InChI is InChI=1S/C19H19N5O3/c1-11-16(14-6-2-3-7-22-14)13(10-23-11)19(27)24-15(17(25)18(20)26)9-12-5-4-8-21-12/h2-8,10,15,21,23H,9H2,1H3,(H2,20,26)(H,24,27). The van der Waals surface area contributed by atoms with Crippen LogP contribution in [0.3, 0.4) is 0 Å². The van der Waals surface area contributed by atoms with Crippen LogP contribution in [0.15, 0.2) is 48.9 Å². The van der Waals surface area contributed by atoms with Crippen LogP contribution in [0.2, 0.25) is 0 Å². The molecule has 3 rings (SSSR count). The van der Waals surface area contributed by atoms with Crippen LogP contribution >= 0.6 is 0 Å². The second-order valence-electron chi connectivity index (χ2n) is 6.07. The Morgan fingerprint density at radius 1 is 1.19 bits per heavy atom. The second kappa shape index (κ2) is 7.69. The number of aryl methyl sites for hydroxylation is 1. The van der Waals surface area contributed by atoms with Crippen molar-refractivity contribution in [1.82, 2.24) is 20.3 Å². The predicted molar refractivity (Wildman–Crippen MR) is 98.7 cm³/mol. The van der Waals surface area contributed by atoms with Crippen molar-refractivity contribution in [2.24, 2.45) is 5.73 Å². The number of nitrogens with zero attached hydrogens (tertiary/aromatic N) is 1. The first-order valence-corrected chi connectivity index (χ1v) is 8.33. The third-order valence-corrected chi connectivity index (χ3v) is 4.19. The highest BCUT2D eigenvalue weighted by molar-refractivity contribution is 6.38. The lowest BCUT2D eigenvalue weighted by molar-refractivity contribution is -0.137. The van der Waals surface area contributed by atoms with Crippen molar-refractivity contribution >= 4 is 17.6 Å². The number of aromatic amines is 2. The van der Waals surface area contributed by atoms with Crippen LogP contribution in [-0.2, 0) is 16.0 Å². The third kappa shape index (κ3) is 3.95. The number of carbonyl (C=O) groups is 3. The van der Waals surface area contributed by atoms with Crippen molar-refractivity contribution in [3.05, 3.63) is 65.9 Å². The number of nitrogens with one attached hydrogen (secondary N) is 3. The molecule has 0 aromatic carbocycles. The Labute approximate surface area is 155 Å². The molecule has 1 unspecified atom stereocenters. The summed E-state index contributed by atoms with van der Waals surface area (Å²) in [7, 11) is 0. The molecule has 27 heavy (non-hydrogen) atoms. The molecule has 0 fully saturated rings. The maximum absolute atomic E-state index is 12.8. The van der Waals surface area contributed by atoms with E-state index in [-0.39, 0.29) is 6.42 Å². The minimum absolute atomic E-state index is 0.128. The molecule has 0 aliphatic carbocycles. The lowest BCUT2D eigenvalue weighted by Gasteiger charge is -2.16. The van der Waals surface area contributed by atoms with Gasteiger partial charge in [0.2, 0.25) is 5.78 Å². The molecule has 3 aromatic heterocycles. The van der Waals surface area contributed by atoms with E-state index in [4.69, 9.17) is 5.73 Å². The molecule has 5 N–H and O–H groups in total. The zero-order chi connectivity index (χ0) is 19.4. The van der Waals surface area contributed by atoms with Gasteiger partial charge in [0.15, 0.2) is 0 Å². The SMILES string of the molecule is Cc1[nH]cc(C(=O)NC(Cc2ccc[nH]2)C(=O)C(N)=O)c1-c1ccccn1. The van der Waals surface area contributed by atoms with Crippen molar-refractivity contribution < 1.29 is 14.4 Å². The Bertz CT molecular complexity index is 961. The number of rotatable bonds is 7. The number of hydrogen-bond donors (Lipinski definition) is 4. The number of nitrogens with two attached hydrogens (primary N) is 1. The predicted octanol–water partition coefficient (Wildman–Crippen LogP) is 1.11. The maximum Gasteiger partial charge on any atom is 0.287 e. The Hall–Kier alpha value is -3.68. The van der Waals surface area contributed by atoms with Crippen molar-refractivity contribution in [2.45, 2.75) is 19.4 Å². The highest BCUT2D eigenvalue weighted by atomic mass is 16.2. The normalized spacial score (nSPS) is 11.7. The largest absolute Gasteiger partial charge is 0.365 e. The molecule has 0 saturated carbocycles. The fourth-order valence-electron chi connectivity index (χ4n) is 2.88. The van der Waals surface area contributed by atoms with Gasteiger partial charge in [0, 0.05) is 42.0 Å². The van der Waals surface area contributed by atoms with Crippen LogP contribution in [0.25, 0.3) is 11.3 Å². The number of amides is 2. The van der Waals surface area contributed by atoms with Crippen LogP contribution < -0.4 is 11.1 Å². The smallest absolute Gasteiger partial charge is 0.287 e. The van der Waals surface area contributed by atoms with Crippen molar-refractivity contribution in [3.63, 3.8) is 0 Å². The summed E-state index contributed by atoms with van der Waals surface area (Å²) in [5.74, 6) is -2.45. The first-order chi connectivity index (χ1) is 13.0. The minimum Gasteiger partial charge on any atom is -0.365 e. The summed E-state index contributed by atoms with van der Waals surface area (Å²) in [5, 5.41) is 2.62. The Kier molecular flexibility index (Phi) is 5.16. The maximum atomic E-state index is 12.8. The number of Topliss-reactive ketones (excluding diaryl/α,β-unsaturated/α-hetero) is 1. The minimum atomic E-state index is -1.10. The van der Waals surface area contributed by atoms with E-state index in [1.54, 1.807) is 42.9 Å². The van der Waals surface area contributed by atoms with E-state index in [1.807, 2.05) is 13.0 Å². The summed E-state index contributed by atoms with van der Waals surface area (Å²) in [6, 6.07) is 7.84. The van der Waals surface area contributed by atoms with Crippen LogP contribution in [0.4, 0.5) is 0 Å².